The number of nitrogens with zero attached hydrogens (tertiary/aromatic N) is 2. The van der Waals surface area contributed by atoms with Crippen molar-refractivity contribution < 1.29 is 4.42 Å². The average molecular weight is 843 g/mol. The summed E-state index contributed by atoms with van der Waals surface area (Å²) >= 11 is 0. The van der Waals surface area contributed by atoms with Crippen molar-refractivity contribution in [3.8, 4) is 39.1 Å². The minimum Gasteiger partial charge on any atom is -0.455 e. The molecule has 13 aromatic rings. The molecule has 310 valence electrons. The molecule has 0 unspecified atom stereocenters. The molecule has 0 radical (unpaired) electrons. The summed E-state index contributed by atoms with van der Waals surface area (Å²) in [5.41, 5.74) is 16.7. The van der Waals surface area contributed by atoms with Crippen LogP contribution in [0.4, 0.5) is 17.1 Å². The maximum Gasteiger partial charge on any atom is 0.143 e. The van der Waals surface area contributed by atoms with Gasteiger partial charge in [-0.05, 0) is 117 Å². The van der Waals surface area contributed by atoms with Crippen LogP contribution < -0.4 is 4.90 Å². The average Bonchev–Trinajstić information content (AvgIpc) is 3.93. The normalized spacial score (nSPS) is 11.7. The lowest BCUT2D eigenvalue weighted by molar-refractivity contribution is 0.670. The number of aromatic nitrogens is 1. The van der Waals surface area contributed by atoms with Crippen LogP contribution in [0, 0.1) is 6.92 Å². The molecule has 11 aromatic carbocycles. The zero-order valence-corrected chi connectivity index (χ0v) is 36.3. The van der Waals surface area contributed by atoms with Crippen LogP contribution in [0.3, 0.4) is 0 Å². The Morgan fingerprint density at radius 2 is 0.924 bits per heavy atom. The van der Waals surface area contributed by atoms with Crippen molar-refractivity contribution >= 4 is 82.4 Å². The number of para-hydroxylation sites is 5. The van der Waals surface area contributed by atoms with Gasteiger partial charge >= 0.3 is 0 Å². The van der Waals surface area contributed by atoms with Crippen LogP contribution in [0.1, 0.15) is 5.56 Å². The smallest absolute Gasteiger partial charge is 0.143 e. The lowest BCUT2D eigenvalue weighted by Gasteiger charge is -2.27. The Morgan fingerprint density at radius 1 is 0.348 bits per heavy atom. The molecule has 0 bridgehead atoms. The van der Waals surface area contributed by atoms with E-state index in [1.54, 1.807) is 0 Å². The Bertz CT molecular complexity index is 3950. The van der Waals surface area contributed by atoms with E-state index in [9.17, 15) is 0 Å². The van der Waals surface area contributed by atoms with E-state index in [1.807, 2.05) is 12.1 Å². The summed E-state index contributed by atoms with van der Waals surface area (Å²) in [6, 6.07) is 85.9. The fourth-order valence-corrected chi connectivity index (χ4v) is 10.4. The van der Waals surface area contributed by atoms with Crippen LogP contribution in [0.2, 0.25) is 0 Å². The Kier molecular flexibility index (Phi) is 8.75. The fourth-order valence-electron chi connectivity index (χ4n) is 10.4. The number of aryl methyl sites for hydroxylation is 1. The predicted octanol–water partition coefficient (Wildman–Crippen LogP) is 17.8. The van der Waals surface area contributed by atoms with Crippen LogP contribution in [0.5, 0.6) is 0 Å². The summed E-state index contributed by atoms with van der Waals surface area (Å²) in [4.78, 5) is 2.38. The molecule has 0 atom stereocenters. The molecule has 2 heterocycles. The van der Waals surface area contributed by atoms with E-state index in [2.05, 4.69) is 241 Å². The predicted molar refractivity (Wildman–Crippen MR) is 279 cm³/mol. The zero-order chi connectivity index (χ0) is 43.7. The van der Waals surface area contributed by atoms with Crippen molar-refractivity contribution in [2.75, 3.05) is 4.90 Å². The van der Waals surface area contributed by atoms with Crippen LogP contribution in [-0.2, 0) is 0 Å². The van der Waals surface area contributed by atoms with E-state index < -0.39 is 0 Å². The summed E-state index contributed by atoms with van der Waals surface area (Å²) in [5, 5.41) is 9.80. The van der Waals surface area contributed by atoms with Gasteiger partial charge in [-0.1, -0.05) is 175 Å². The quantitative estimate of drug-likeness (QED) is 0.149. The Balaban J connectivity index is 0.951. The van der Waals surface area contributed by atoms with Crippen LogP contribution >= 0.6 is 0 Å². The van der Waals surface area contributed by atoms with Gasteiger partial charge in [-0.15, -0.1) is 0 Å². The minimum atomic E-state index is 0.901. The highest BCUT2D eigenvalue weighted by Crippen LogP contribution is 2.43. The first-order valence-corrected chi connectivity index (χ1v) is 22.7. The SMILES string of the molecule is Cc1ccc2cc(-c3cccc(N(c4ccc(-c5ccccc5-n5c6ccccc6c6ccccc65)cc4)c4ccc(-c5cccc6c5oc5ccccc56)cc4)c3)c3ccccc3c2c1. The Hall–Kier alpha value is -8.66. The zero-order valence-electron chi connectivity index (χ0n) is 36.3. The first kappa shape index (κ1) is 37.9. The van der Waals surface area contributed by atoms with Gasteiger partial charge in [-0.25, -0.2) is 0 Å². The molecule has 66 heavy (non-hydrogen) atoms. The molecule has 0 aliphatic carbocycles. The summed E-state index contributed by atoms with van der Waals surface area (Å²) in [5.74, 6) is 0. The molecule has 3 nitrogen and oxygen atoms in total. The summed E-state index contributed by atoms with van der Waals surface area (Å²) in [6.07, 6.45) is 0. The molecule has 0 saturated carbocycles. The van der Waals surface area contributed by atoms with E-state index in [4.69, 9.17) is 4.42 Å². The number of fused-ring (bicyclic) bond motifs is 9. The fraction of sp³-hybridized carbons (Fsp3) is 0.0159. The van der Waals surface area contributed by atoms with Crippen molar-refractivity contribution in [3.63, 3.8) is 0 Å². The topological polar surface area (TPSA) is 21.3 Å². The molecule has 13 rings (SSSR count). The maximum absolute atomic E-state index is 6.48. The van der Waals surface area contributed by atoms with Crippen LogP contribution in [0.25, 0.3) is 104 Å². The van der Waals surface area contributed by atoms with Gasteiger partial charge in [-0.2, -0.15) is 0 Å². The van der Waals surface area contributed by atoms with Gasteiger partial charge in [0.15, 0.2) is 0 Å². The molecule has 0 fully saturated rings. The Morgan fingerprint density at radius 3 is 1.67 bits per heavy atom. The number of furan rings is 1. The van der Waals surface area contributed by atoms with Gasteiger partial charge in [0.25, 0.3) is 0 Å². The molecule has 0 aliphatic heterocycles. The summed E-state index contributed by atoms with van der Waals surface area (Å²) in [7, 11) is 0. The van der Waals surface area contributed by atoms with Gasteiger partial charge in [-0.3, -0.25) is 0 Å². The maximum atomic E-state index is 6.48. The number of benzene rings is 11. The summed E-state index contributed by atoms with van der Waals surface area (Å²) in [6.45, 7) is 2.17. The third kappa shape index (κ3) is 6.12. The molecule has 0 spiro atoms. The van der Waals surface area contributed by atoms with Crippen LogP contribution in [-0.4, -0.2) is 4.57 Å². The highest BCUT2D eigenvalue weighted by Gasteiger charge is 2.19. The van der Waals surface area contributed by atoms with Crippen molar-refractivity contribution in [1.29, 1.82) is 0 Å². The second-order valence-corrected chi connectivity index (χ2v) is 17.3. The highest BCUT2D eigenvalue weighted by molar-refractivity contribution is 6.14. The largest absolute Gasteiger partial charge is 0.455 e. The molecule has 2 aromatic heterocycles. The monoisotopic (exact) mass is 842 g/mol. The van der Waals surface area contributed by atoms with Crippen LogP contribution in [0.15, 0.2) is 241 Å². The second-order valence-electron chi connectivity index (χ2n) is 17.3. The van der Waals surface area contributed by atoms with Crippen molar-refractivity contribution in [2.45, 2.75) is 6.92 Å². The van der Waals surface area contributed by atoms with E-state index in [0.717, 1.165) is 61.4 Å². The second kappa shape index (κ2) is 15.3. The van der Waals surface area contributed by atoms with E-state index in [0.29, 0.717) is 0 Å². The molecule has 0 amide bonds. The Labute approximate surface area is 382 Å². The van der Waals surface area contributed by atoms with Gasteiger partial charge in [0.05, 0.1) is 16.7 Å². The van der Waals surface area contributed by atoms with Crippen molar-refractivity contribution in [2.24, 2.45) is 0 Å². The summed E-state index contributed by atoms with van der Waals surface area (Å²) < 4.78 is 8.90. The minimum absolute atomic E-state index is 0.901. The molecule has 0 aliphatic rings. The van der Waals surface area contributed by atoms with Gasteiger partial charge in [0, 0.05) is 49.7 Å². The van der Waals surface area contributed by atoms with E-state index >= 15 is 0 Å². The molecule has 3 heteroatoms. The number of hydrogen-bond acceptors (Lipinski definition) is 2. The first-order valence-electron chi connectivity index (χ1n) is 22.7. The molecule has 0 N–H and O–H groups in total. The van der Waals surface area contributed by atoms with Gasteiger partial charge < -0.3 is 13.9 Å². The number of anilines is 3. The van der Waals surface area contributed by atoms with Gasteiger partial charge in [0.1, 0.15) is 11.2 Å². The third-order valence-corrected chi connectivity index (χ3v) is 13.4. The third-order valence-electron chi connectivity index (χ3n) is 13.4. The van der Waals surface area contributed by atoms with Gasteiger partial charge in [0.2, 0.25) is 0 Å². The van der Waals surface area contributed by atoms with Crippen molar-refractivity contribution in [3.05, 3.63) is 242 Å². The molecule has 0 saturated heterocycles. The lowest BCUT2D eigenvalue weighted by atomic mass is 9.92. The first-order chi connectivity index (χ1) is 32.6. The number of hydrogen-bond donors (Lipinski definition) is 0. The van der Waals surface area contributed by atoms with Crippen molar-refractivity contribution in [1.82, 2.24) is 4.57 Å². The highest BCUT2D eigenvalue weighted by atomic mass is 16.3. The molecular weight excluding hydrogens is 801 g/mol. The standard InChI is InChI=1S/C63H42N2O/c1-41-28-29-45-40-58(52-18-3-2-17-51(52)57(45)38-41)44-14-12-15-48(39-44)64(47-36-32-43(33-37-47)50-22-13-23-56-55-21-7-11-27-62(55)66-63(50)56)46-34-30-42(31-35-46)49-16-4-8-24-59(49)65-60-25-9-5-19-53(60)54-20-6-10-26-61(54)65/h2-40H,1H3. The lowest BCUT2D eigenvalue weighted by Crippen LogP contribution is -2.10. The molecular formula is C63H42N2O. The number of rotatable bonds is 7. The van der Waals surface area contributed by atoms with E-state index in [-0.39, 0.29) is 0 Å². The van der Waals surface area contributed by atoms with E-state index in [1.165, 1.54) is 65.6 Å².